The van der Waals surface area contributed by atoms with Gasteiger partial charge in [0.05, 0.1) is 26.2 Å². The van der Waals surface area contributed by atoms with E-state index >= 15 is 0 Å². The summed E-state index contributed by atoms with van der Waals surface area (Å²) < 4.78 is 17.2. The lowest BCUT2D eigenvalue weighted by Crippen LogP contribution is -2.46. The summed E-state index contributed by atoms with van der Waals surface area (Å²) in [6.07, 6.45) is -0.624. The van der Waals surface area contributed by atoms with Gasteiger partial charge in [-0.15, -0.1) is 0 Å². The number of ether oxygens (including phenoxy) is 1. The number of carbonyl (C=O) groups excluding carboxylic acids is 1. The van der Waals surface area contributed by atoms with Crippen LogP contribution in [0.2, 0.25) is 36.3 Å². The van der Waals surface area contributed by atoms with Gasteiger partial charge in [-0.3, -0.25) is 4.79 Å². The van der Waals surface area contributed by atoms with Gasteiger partial charge in [0.2, 0.25) is 0 Å². The molecule has 0 bridgehead atoms. The molecule has 7 heteroatoms. The molecular weight excluding hydrogens is 364 g/mol. The molecule has 0 aromatic heterocycles. The van der Waals surface area contributed by atoms with E-state index in [1.54, 1.807) is 0 Å². The second-order valence-corrected chi connectivity index (χ2v) is 19.9. The predicted octanol–water partition coefficient (Wildman–Crippen LogP) is 4.57. The topological polar surface area (TPSA) is 65.0 Å². The lowest BCUT2D eigenvalue weighted by molar-refractivity contribution is -0.143. The molecule has 1 N–H and O–H groups in total. The van der Waals surface area contributed by atoms with E-state index in [4.69, 9.17) is 13.6 Å². The minimum Gasteiger partial charge on any atom is -0.469 e. The summed E-state index contributed by atoms with van der Waals surface area (Å²) in [5, 5.41) is 10.9. The normalized spacial score (nSPS) is 16.3. The molecule has 0 aromatic rings. The Morgan fingerprint density at radius 1 is 0.885 bits per heavy atom. The average molecular weight is 407 g/mol. The van der Waals surface area contributed by atoms with Gasteiger partial charge < -0.3 is 18.7 Å². The summed E-state index contributed by atoms with van der Waals surface area (Å²) in [5.74, 6) is -0.665. The van der Waals surface area contributed by atoms with E-state index in [-0.39, 0.29) is 35.0 Å². The zero-order chi connectivity index (χ0) is 21.0. The largest absolute Gasteiger partial charge is 0.469 e. The van der Waals surface area contributed by atoms with E-state index in [1.807, 2.05) is 0 Å². The third-order valence-corrected chi connectivity index (χ3v) is 15.1. The van der Waals surface area contributed by atoms with Crippen LogP contribution >= 0.6 is 0 Å². The first-order valence-electron chi connectivity index (χ1n) is 9.47. The van der Waals surface area contributed by atoms with Gasteiger partial charge in [-0.2, -0.15) is 0 Å². The van der Waals surface area contributed by atoms with E-state index in [9.17, 15) is 9.90 Å². The highest BCUT2D eigenvalue weighted by Crippen LogP contribution is 2.38. The Morgan fingerprint density at radius 2 is 1.27 bits per heavy atom. The Hall–Kier alpha value is -0.216. The molecule has 0 fully saturated rings. The molecule has 0 aliphatic rings. The standard InChI is InChI=1S/C19H42O5Si2/c1-18(2,3)25(8,9)23-13-15(12-17(21)22-7)16(20)14-24-26(10,11)19(4,5)6/h15-16,20H,12-14H2,1-11H3/t15-,16-/m1/s1. The van der Waals surface area contributed by atoms with Crippen molar-refractivity contribution in [1.29, 1.82) is 0 Å². The van der Waals surface area contributed by atoms with E-state index in [1.165, 1.54) is 7.11 Å². The van der Waals surface area contributed by atoms with Gasteiger partial charge in [-0.25, -0.2) is 0 Å². The molecule has 0 amide bonds. The van der Waals surface area contributed by atoms with Crippen LogP contribution in [0.3, 0.4) is 0 Å². The Bertz CT molecular complexity index is 450. The van der Waals surface area contributed by atoms with Crippen molar-refractivity contribution in [3.05, 3.63) is 0 Å². The minimum atomic E-state index is -1.96. The molecule has 0 saturated heterocycles. The molecule has 5 nitrogen and oxygen atoms in total. The number of hydrogen-bond donors (Lipinski definition) is 1. The predicted molar refractivity (Wildman–Crippen MR) is 112 cm³/mol. The maximum absolute atomic E-state index is 11.8. The molecule has 0 unspecified atom stereocenters. The van der Waals surface area contributed by atoms with Crippen LogP contribution in [0, 0.1) is 5.92 Å². The van der Waals surface area contributed by atoms with Crippen molar-refractivity contribution in [2.24, 2.45) is 5.92 Å². The smallest absolute Gasteiger partial charge is 0.305 e. The molecule has 0 aromatic carbocycles. The minimum absolute atomic E-state index is 0.0716. The van der Waals surface area contributed by atoms with Crippen LogP contribution in [0.15, 0.2) is 0 Å². The van der Waals surface area contributed by atoms with E-state index in [0.29, 0.717) is 6.61 Å². The van der Waals surface area contributed by atoms with Gasteiger partial charge in [0, 0.05) is 12.5 Å². The quantitative estimate of drug-likeness (QED) is 0.449. The first-order valence-corrected chi connectivity index (χ1v) is 15.3. The fourth-order valence-electron chi connectivity index (χ4n) is 1.78. The van der Waals surface area contributed by atoms with Crippen LogP contribution in [-0.2, 0) is 18.4 Å². The van der Waals surface area contributed by atoms with Crippen molar-refractivity contribution in [3.8, 4) is 0 Å². The summed E-state index contributed by atoms with van der Waals surface area (Å²) >= 11 is 0. The van der Waals surface area contributed by atoms with Crippen LogP contribution in [0.25, 0.3) is 0 Å². The Morgan fingerprint density at radius 3 is 1.62 bits per heavy atom. The summed E-state index contributed by atoms with van der Waals surface area (Å²) in [6, 6.07) is 0. The molecule has 0 spiro atoms. The van der Waals surface area contributed by atoms with Gasteiger partial charge >= 0.3 is 5.97 Å². The molecule has 0 heterocycles. The number of esters is 1. The van der Waals surface area contributed by atoms with Crippen molar-refractivity contribution in [3.63, 3.8) is 0 Å². The van der Waals surface area contributed by atoms with Crippen molar-refractivity contribution in [1.82, 2.24) is 0 Å². The summed E-state index contributed by atoms with van der Waals surface area (Å²) in [6.45, 7) is 22.2. The number of methoxy groups -OCH3 is 1. The molecular formula is C19H42O5Si2. The fourth-order valence-corrected chi connectivity index (χ4v) is 3.87. The van der Waals surface area contributed by atoms with E-state index in [2.05, 4.69) is 67.7 Å². The van der Waals surface area contributed by atoms with Crippen LogP contribution in [0.5, 0.6) is 0 Å². The number of aliphatic hydroxyl groups excluding tert-OH is 1. The summed E-state index contributed by atoms with van der Waals surface area (Å²) in [7, 11) is -2.55. The zero-order valence-corrected chi connectivity index (χ0v) is 20.9. The lowest BCUT2D eigenvalue weighted by atomic mass is 10.0. The third-order valence-electron chi connectivity index (χ3n) is 6.09. The van der Waals surface area contributed by atoms with Gasteiger partial charge in [0.1, 0.15) is 0 Å². The summed E-state index contributed by atoms with van der Waals surface area (Å²) in [5.41, 5.74) is 0. The van der Waals surface area contributed by atoms with Crippen LogP contribution in [0.1, 0.15) is 48.0 Å². The Labute approximate surface area is 163 Å². The maximum atomic E-state index is 11.8. The van der Waals surface area contributed by atoms with Crippen molar-refractivity contribution in [2.45, 2.75) is 90.3 Å². The fraction of sp³-hybridized carbons (Fsp3) is 0.947. The SMILES string of the molecule is COC(=O)C[C@H](CO[Si](C)(C)C(C)(C)C)[C@H](O)CO[Si](C)(C)C(C)(C)C. The maximum Gasteiger partial charge on any atom is 0.305 e. The van der Waals surface area contributed by atoms with Crippen molar-refractivity contribution < 1.29 is 23.5 Å². The molecule has 2 atom stereocenters. The number of carbonyl (C=O) groups is 1. The van der Waals surface area contributed by atoms with Gasteiger partial charge in [0.15, 0.2) is 16.6 Å². The number of hydrogen-bond acceptors (Lipinski definition) is 5. The lowest BCUT2D eigenvalue weighted by Gasteiger charge is -2.39. The van der Waals surface area contributed by atoms with Crippen LogP contribution in [-0.4, -0.2) is 54.1 Å². The van der Waals surface area contributed by atoms with Gasteiger partial charge in [-0.1, -0.05) is 41.5 Å². The zero-order valence-electron chi connectivity index (χ0n) is 18.9. The second kappa shape index (κ2) is 9.32. The van der Waals surface area contributed by atoms with Crippen LogP contribution < -0.4 is 0 Å². The molecule has 0 rings (SSSR count). The van der Waals surface area contributed by atoms with Crippen molar-refractivity contribution >= 4 is 22.6 Å². The van der Waals surface area contributed by atoms with Crippen molar-refractivity contribution in [2.75, 3.05) is 20.3 Å². The first-order chi connectivity index (χ1) is 11.4. The highest BCUT2D eigenvalue weighted by molar-refractivity contribution is 6.74. The summed E-state index contributed by atoms with van der Waals surface area (Å²) in [4.78, 5) is 11.8. The third kappa shape index (κ3) is 7.80. The molecule has 0 aliphatic heterocycles. The molecule has 0 radical (unpaired) electrons. The Balaban J connectivity index is 5.05. The monoisotopic (exact) mass is 406 g/mol. The average Bonchev–Trinajstić information content (AvgIpc) is 2.46. The number of aliphatic hydroxyl groups is 1. The van der Waals surface area contributed by atoms with E-state index in [0.717, 1.165) is 0 Å². The van der Waals surface area contributed by atoms with Gasteiger partial charge in [0.25, 0.3) is 0 Å². The molecule has 0 aliphatic carbocycles. The first kappa shape index (κ1) is 25.8. The van der Waals surface area contributed by atoms with Gasteiger partial charge in [-0.05, 0) is 36.3 Å². The number of rotatable bonds is 9. The van der Waals surface area contributed by atoms with E-state index < -0.39 is 22.7 Å². The Kier molecular flexibility index (Phi) is 9.24. The van der Waals surface area contributed by atoms with Crippen LogP contribution in [0.4, 0.5) is 0 Å². The molecule has 156 valence electrons. The highest BCUT2D eigenvalue weighted by atomic mass is 28.4. The molecule has 0 saturated carbocycles. The second-order valence-electron chi connectivity index (χ2n) is 10.3. The highest BCUT2D eigenvalue weighted by Gasteiger charge is 2.40. The molecule has 26 heavy (non-hydrogen) atoms.